The van der Waals surface area contributed by atoms with E-state index in [9.17, 15) is 9.59 Å². The van der Waals surface area contributed by atoms with Gasteiger partial charge in [0.25, 0.3) is 0 Å². The molecule has 7 heteroatoms. The monoisotopic (exact) mass is 373 g/mol. The van der Waals surface area contributed by atoms with Crippen LogP contribution < -0.4 is 4.90 Å². The number of hydrogen-bond acceptors (Lipinski definition) is 4. The van der Waals surface area contributed by atoms with Gasteiger partial charge in [-0.1, -0.05) is 0 Å². The molecule has 2 saturated heterocycles. The molecule has 2 aliphatic heterocycles. The Labute approximate surface area is 161 Å². The van der Waals surface area contributed by atoms with Crippen LogP contribution in [0.3, 0.4) is 0 Å². The quantitative estimate of drug-likeness (QED) is 0.793. The number of aryl methyl sites for hydroxylation is 1. The molecular formula is C20H31N5O2. The SMILES string of the molecule is Cc1cnccc1N1CCCN(C(=O)[C@H]2CCCN(C(=O)N(C)C)C2)CC1. The third kappa shape index (κ3) is 4.51. The van der Waals surface area contributed by atoms with E-state index >= 15 is 0 Å². The number of urea groups is 1. The van der Waals surface area contributed by atoms with Gasteiger partial charge < -0.3 is 19.6 Å². The number of rotatable bonds is 2. The number of hydrogen-bond donors (Lipinski definition) is 0. The Balaban J connectivity index is 1.61. The standard InChI is InChI=1S/C20H31N5O2/c1-16-14-21-8-7-18(16)23-10-5-11-24(13-12-23)19(26)17-6-4-9-25(15-17)20(27)22(2)3/h7-8,14,17H,4-6,9-13,15H2,1-3H3/t17-/m0/s1. The molecule has 1 atom stereocenters. The molecular weight excluding hydrogens is 342 g/mol. The number of anilines is 1. The number of carbonyl (C=O) groups is 2. The summed E-state index contributed by atoms with van der Waals surface area (Å²) < 4.78 is 0. The van der Waals surface area contributed by atoms with Crippen molar-refractivity contribution in [3.8, 4) is 0 Å². The number of carbonyl (C=O) groups excluding carboxylic acids is 2. The molecule has 3 heterocycles. The summed E-state index contributed by atoms with van der Waals surface area (Å²) in [6.45, 7) is 6.68. The van der Waals surface area contributed by atoms with Crippen molar-refractivity contribution in [1.82, 2.24) is 19.7 Å². The first kappa shape index (κ1) is 19.5. The lowest BCUT2D eigenvalue weighted by Gasteiger charge is -2.36. The number of likely N-dealkylation sites (tertiary alicyclic amines) is 1. The maximum atomic E-state index is 13.1. The van der Waals surface area contributed by atoms with Crippen molar-refractivity contribution < 1.29 is 9.59 Å². The molecule has 3 rings (SSSR count). The number of nitrogens with zero attached hydrogens (tertiary/aromatic N) is 5. The van der Waals surface area contributed by atoms with Crippen molar-refractivity contribution in [3.63, 3.8) is 0 Å². The highest BCUT2D eigenvalue weighted by atomic mass is 16.2. The first-order valence-corrected chi connectivity index (χ1v) is 9.88. The first-order valence-electron chi connectivity index (χ1n) is 9.88. The zero-order chi connectivity index (χ0) is 19.4. The van der Waals surface area contributed by atoms with Gasteiger partial charge in [0, 0.05) is 71.4 Å². The van der Waals surface area contributed by atoms with Gasteiger partial charge in [0.1, 0.15) is 0 Å². The minimum Gasteiger partial charge on any atom is -0.369 e. The van der Waals surface area contributed by atoms with Crippen LogP contribution >= 0.6 is 0 Å². The van der Waals surface area contributed by atoms with E-state index in [2.05, 4.69) is 22.9 Å². The molecule has 27 heavy (non-hydrogen) atoms. The fourth-order valence-corrected chi connectivity index (χ4v) is 4.09. The number of amides is 3. The number of aromatic nitrogens is 1. The summed E-state index contributed by atoms with van der Waals surface area (Å²) in [4.78, 5) is 37.3. The molecule has 0 saturated carbocycles. The predicted octanol–water partition coefficient (Wildman–Crippen LogP) is 1.82. The summed E-state index contributed by atoms with van der Waals surface area (Å²) in [5, 5.41) is 0. The molecule has 0 spiro atoms. The van der Waals surface area contributed by atoms with Crippen molar-refractivity contribution in [1.29, 1.82) is 0 Å². The van der Waals surface area contributed by atoms with E-state index in [4.69, 9.17) is 0 Å². The van der Waals surface area contributed by atoms with Crippen molar-refractivity contribution >= 4 is 17.6 Å². The zero-order valence-corrected chi connectivity index (χ0v) is 16.7. The number of pyridine rings is 1. The molecule has 2 fully saturated rings. The molecule has 0 radical (unpaired) electrons. The maximum Gasteiger partial charge on any atom is 0.319 e. The number of piperidine rings is 1. The van der Waals surface area contributed by atoms with Crippen LogP contribution in [0, 0.1) is 12.8 Å². The van der Waals surface area contributed by atoms with E-state index in [0.29, 0.717) is 6.54 Å². The molecule has 2 aliphatic rings. The Bertz CT molecular complexity index is 678. The van der Waals surface area contributed by atoms with Crippen molar-refractivity contribution in [2.45, 2.75) is 26.2 Å². The van der Waals surface area contributed by atoms with E-state index in [-0.39, 0.29) is 17.9 Å². The van der Waals surface area contributed by atoms with Gasteiger partial charge in [-0.05, 0) is 37.8 Å². The van der Waals surface area contributed by atoms with Gasteiger partial charge >= 0.3 is 6.03 Å². The van der Waals surface area contributed by atoms with Gasteiger partial charge in [0.05, 0.1) is 5.92 Å². The Morgan fingerprint density at radius 2 is 1.85 bits per heavy atom. The van der Waals surface area contributed by atoms with Crippen LogP contribution in [-0.2, 0) is 4.79 Å². The van der Waals surface area contributed by atoms with Gasteiger partial charge in [-0.3, -0.25) is 9.78 Å². The summed E-state index contributed by atoms with van der Waals surface area (Å²) in [5.41, 5.74) is 2.38. The largest absolute Gasteiger partial charge is 0.369 e. The Hall–Kier alpha value is -2.31. The lowest BCUT2D eigenvalue weighted by molar-refractivity contribution is -0.136. The third-order valence-electron chi connectivity index (χ3n) is 5.56. The van der Waals surface area contributed by atoms with Gasteiger partial charge in [0.15, 0.2) is 0 Å². The Kier molecular flexibility index (Phi) is 6.19. The molecule has 3 amide bonds. The molecule has 1 aromatic rings. The lowest BCUT2D eigenvalue weighted by Crippen LogP contribution is -2.49. The predicted molar refractivity (Wildman–Crippen MR) is 106 cm³/mol. The van der Waals surface area contributed by atoms with Gasteiger partial charge in [-0.15, -0.1) is 0 Å². The van der Waals surface area contributed by atoms with Crippen molar-refractivity contribution in [2.75, 3.05) is 58.3 Å². The summed E-state index contributed by atoms with van der Waals surface area (Å²) in [5.74, 6) is 0.136. The Morgan fingerprint density at radius 3 is 2.59 bits per heavy atom. The van der Waals surface area contributed by atoms with Crippen LogP contribution in [0.1, 0.15) is 24.8 Å². The summed E-state index contributed by atoms with van der Waals surface area (Å²) in [6, 6.07) is 2.06. The molecule has 0 N–H and O–H groups in total. The van der Waals surface area contributed by atoms with Crippen LogP contribution in [0.4, 0.5) is 10.5 Å². The molecule has 0 unspecified atom stereocenters. The molecule has 7 nitrogen and oxygen atoms in total. The van der Waals surface area contributed by atoms with Crippen LogP contribution in [0.15, 0.2) is 18.5 Å². The molecule has 0 aromatic carbocycles. The fraction of sp³-hybridized carbons (Fsp3) is 0.650. The highest BCUT2D eigenvalue weighted by molar-refractivity contribution is 5.81. The second-order valence-corrected chi connectivity index (χ2v) is 7.79. The van der Waals surface area contributed by atoms with Gasteiger partial charge in [-0.25, -0.2) is 4.79 Å². The minimum atomic E-state index is -0.0724. The molecule has 0 bridgehead atoms. The lowest BCUT2D eigenvalue weighted by atomic mass is 9.96. The van der Waals surface area contributed by atoms with E-state index in [0.717, 1.165) is 52.0 Å². The molecule has 0 aliphatic carbocycles. The third-order valence-corrected chi connectivity index (χ3v) is 5.56. The van der Waals surface area contributed by atoms with E-state index in [1.807, 2.05) is 22.2 Å². The van der Waals surface area contributed by atoms with Gasteiger partial charge in [0.2, 0.25) is 5.91 Å². The highest BCUT2D eigenvalue weighted by Gasteiger charge is 2.32. The van der Waals surface area contributed by atoms with Crippen LogP contribution in [0.5, 0.6) is 0 Å². The average molecular weight is 374 g/mol. The second-order valence-electron chi connectivity index (χ2n) is 7.79. The van der Waals surface area contributed by atoms with Gasteiger partial charge in [-0.2, -0.15) is 0 Å². The highest BCUT2D eigenvalue weighted by Crippen LogP contribution is 2.23. The normalized spacial score (nSPS) is 21.0. The zero-order valence-electron chi connectivity index (χ0n) is 16.7. The van der Waals surface area contributed by atoms with E-state index in [1.165, 1.54) is 11.3 Å². The first-order chi connectivity index (χ1) is 13.0. The second kappa shape index (κ2) is 8.59. The van der Waals surface area contributed by atoms with Crippen molar-refractivity contribution in [3.05, 3.63) is 24.0 Å². The molecule has 1 aromatic heterocycles. The smallest absolute Gasteiger partial charge is 0.319 e. The molecule has 148 valence electrons. The fourth-order valence-electron chi connectivity index (χ4n) is 4.09. The Morgan fingerprint density at radius 1 is 1.07 bits per heavy atom. The summed E-state index contributed by atoms with van der Waals surface area (Å²) in [6.07, 6.45) is 6.45. The maximum absolute atomic E-state index is 13.1. The van der Waals surface area contributed by atoms with E-state index in [1.54, 1.807) is 19.0 Å². The van der Waals surface area contributed by atoms with Crippen LogP contribution in [0.2, 0.25) is 0 Å². The van der Waals surface area contributed by atoms with Crippen molar-refractivity contribution in [2.24, 2.45) is 5.92 Å². The van der Waals surface area contributed by atoms with Crippen LogP contribution in [0.25, 0.3) is 0 Å². The summed E-state index contributed by atoms with van der Waals surface area (Å²) >= 11 is 0. The topological polar surface area (TPSA) is 60.0 Å². The minimum absolute atomic E-state index is 0.00250. The average Bonchev–Trinajstić information content (AvgIpc) is 2.93. The van der Waals surface area contributed by atoms with E-state index < -0.39 is 0 Å². The summed E-state index contributed by atoms with van der Waals surface area (Å²) in [7, 11) is 3.52. The van der Waals surface area contributed by atoms with Crippen LogP contribution in [-0.4, -0.2) is 85.0 Å².